The lowest BCUT2D eigenvalue weighted by Gasteiger charge is -2.32. The van der Waals surface area contributed by atoms with Crippen molar-refractivity contribution < 1.29 is 14.3 Å². The van der Waals surface area contributed by atoms with Crippen LogP contribution < -0.4 is 5.73 Å². The summed E-state index contributed by atoms with van der Waals surface area (Å²) in [6.45, 7) is 7.79. The van der Waals surface area contributed by atoms with Gasteiger partial charge in [0, 0.05) is 19.8 Å². The molecule has 1 aliphatic rings. The van der Waals surface area contributed by atoms with Crippen molar-refractivity contribution in [2.24, 2.45) is 5.73 Å². The number of rotatable bonds is 2. The zero-order valence-electron chi connectivity index (χ0n) is 9.66. The Bertz CT molecular complexity index is 225. The van der Waals surface area contributed by atoms with Crippen molar-refractivity contribution >= 4 is 5.97 Å². The van der Waals surface area contributed by atoms with E-state index in [9.17, 15) is 4.79 Å². The second kappa shape index (κ2) is 4.92. The summed E-state index contributed by atoms with van der Waals surface area (Å²) in [4.78, 5) is 13.6. The molecule has 0 saturated carbocycles. The van der Waals surface area contributed by atoms with E-state index in [1.165, 1.54) is 0 Å². The highest BCUT2D eigenvalue weighted by molar-refractivity contribution is 5.75. The molecule has 1 saturated heterocycles. The van der Waals surface area contributed by atoms with Crippen LogP contribution in [0, 0.1) is 0 Å². The number of carbonyl (C=O) groups is 1. The van der Waals surface area contributed by atoms with E-state index < -0.39 is 11.7 Å². The third-order valence-electron chi connectivity index (χ3n) is 2.08. The maximum Gasteiger partial charge on any atom is 0.337 e. The predicted octanol–water partition coefficient (Wildman–Crippen LogP) is -0.0549. The van der Waals surface area contributed by atoms with Gasteiger partial charge in [-0.3, -0.25) is 4.90 Å². The molecule has 0 spiro atoms. The van der Waals surface area contributed by atoms with Crippen LogP contribution >= 0.6 is 0 Å². The summed E-state index contributed by atoms with van der Waals surface area (Å²) in [7, 11) is 0. The molecule has 2 N–H and O–H groups in total. The topological polar surface area (TPSA) is 64.8 Å². The second-order valence-corrected chi connectivity index (χ2v) is 4.65. The van der Waals surface area contributed by atoms with E-state index in [0.717, 1.165) is 6.54 Å². The third kappa shape index (κ3) is 4.15. The number of hydrogen-bond acceptors (Lipinski definition) is 5. The van der Waals surface area contributed by atoms with Crippen molar-refractivity contribution in [3.05, 3.63) is 0 Å². The first-order valence-corrected chi connectivity index (χ1v) is 5.19. The lowest BCUT2D eigenvalue weighted by Crippen LogP contribution is -2.49. The van der Waals surface area contributed by atoms with Crippen molar-refractivity contribution in [1.82, 2.24) is 4.90 Å². The van der Waals surface area contributed by atoms with Crippen molar-refractivity contribution in [3.8, 4) is 0 Å². The highest BCUT2D eigenvalue weighted by Crippen LogP contribution is 2.12. The second-order valence-electron chi connectivity index (χ2n) is 4.65. The van der Waals surface area contributed by atoms with Gasteiger partial charge in [0.2, 0.25) is 0 Å². The summed E-state index contributed by atoms with van der Waals surface area (Å²) in [5.41, 5.74) is 5.04. The Morgan fingerprint density at radius 3 is 2.80 bits per heavy atom. The molecule has 0 aromatic rings. The highest BCUT2D eigenvalue weighted by Gasteiger charge is 2.30. The summed E-state index contributed by atoms with van der Waals surface area (Å²) >= 11 is 0. The number of esters is 1. The average Bonchev–Trinajstić information content (AvgIpc) is 2.15. The molecular weight excluding hydrogens is 196 g/mol. The zero-order chi connectivity index (χ0) is 11.5. The van der Waals surface area contributed by atoms with E-state index in [-0.39, 0.29) is 5.97 Å². The lowest BCUT2D eigenvalue weighted by molar-refractivity contribution is -0.173. The molecule has 5 nitrogen and oxygen atoms in total. The molecular formula is C10H20N2O3. The van der Waals surface area contributed by atoms with Gasteiger partial charge in [0.25, 0.3) is 0 Å². The molecule has 1 rings (SSSR count). The largest absolute Gasteiger partial charge is 0.458 e. The fourth-order valence-electron chi connectivity index (χ4n) is 1.38. The quantitative estimate of drug-likeness (QED) is 0.655. The van der Waals surface area contributed by atoms with Crippen LogP contribution in [0.4, 0.5) is 0 Å². The minimum Gasteiger partial charge on any atom is -0.458 e. The van der Waals surface area contributed by atoms with Gasteiger partial charge in [-0.15, -0.1) is 0 Å². The summed E-state index contributed by atoms with van der Waals surface area (Å²) in [6, 6.07) is 0. The van der Waals surface area contributed by atoms with Gasteiger partial charge in [0.05, 0.1) is 6.61 Å². The number of hydrogen-bond donors (Lipinski definition) is 1. The predicted molar refractivity (Wildman–Crippen MR) is 56.2 cm³/mol. The van der Waals surface area contributed by atoms with Crippen molar-refractivity contribution in [3.63, 3.8) is 0 Å². The highest BCUT2D eigenvalue weighted by atomic mass is 16.6. The van der Waals surface area contributed by atoms with Crippen LogP contribution in [0.3, 0.4) is 0 Å². The van der Waals surface area contributed by atoms with Gasteiger partial charge < -0.3 is 15.2 Å². The first kappa shape index (κ1) is 12.4. The van der Waals surface area contributed by atoms with Crippen LogP contribution in [0.1, 0.15) is 20.8 Å². The normalized spacial score (nSPS) is 23.9. The SMILES string of the molecule is CC(C)(C)OC(=O)C1CN(CN)CCO1. The maximum absolute atomic E-state index is 11.7. The minimum atomic E-state index is -0.499. The number of morpholine rings is 1. The molecule has 88 valence electrons. The Balaban J connectivity index is 2.45. The molecule has 0 bridgehead atoms. The Kier molecular flexibility index (Phi) is 4.07. The average molecular weight is 216 g/mol. The molecule has 0 aliphatic carbocycles. The third-order valence-corrected chi connectivity index (χ3v) is 2.08. The first-order chi connectivity index (χ1) is 6.92. The van der Waals surface area contributed by atoms with E-state index in [1.807, 2.05) is 25.7 Å². The standard InChI is InChI=1S/C10H20N2O3/c1-10(2,3)15-9(13)8-6-12(7-11)4-5-14-8/h8H,4-7,11H2,1-3H3. The fraction of sp³-hybridized carbons (Fsp3) is 0.900. The number of nitrogens with zero attached hydrogens (tertiary/aromatic N) is 1. The molecule has 0 aromatic heterocycles. The van der Waals surface area contributed by atoms with Gasteiger partial charge >= 0.3 is 5.97 Å². The number of nitrogens with two attached hydrogens (primary N) is 1. The molecule has 1 heterocycles. The smallest absolute Gasteiger partial charge is 0.337 e. The van der Waals surface area contributed by atoms with Crippen molar-refractivity contribution in [2.45, 2.75) is 32.5 Å². The van der Waals surface area contributed by atoms with Crippen LogP contribution in [0.25, 0.3) is 0 Å². The van der Waals surface area contributed by atoms with Crippen LogP contribution in [-0.4, -0.2) is 48.9 Å². The Morgan fingerprint density at radius 1 is 1.60 bits per heavy atom. The summed E-state index contributed by atoms with van der Waals surface area (Å²) in [5, 5.41) is 0. The van der Waals surface area contributed by atoms with Crippen LogP contribution in [0.15, 0.2) is 0 Å². The van der Waals surface area contributed by atoms with E-state index >= 15 is 0 Å². The first-order valence-electron chi connectivity index (χ1n) is 5.19. The molecule has 5 heteroatoms. The number of ether oxygens (including phenoxy) is 2. The molecule has 0 amide bonds. The van der Waals surface area contributed by atoms with Crippen molar-refractivity contribution in [1.29, 1.82) is 0 Å². The summed E-state index contributed by atoms with van der Waals surface area (Å²) in [6.07, 6.45) is -0.499. The summed E-state index contributed by atoms with van der Waals surface area (Å²) in [5.74, 6) is -0.305. The molecule has 1 aliphatic heterocycles. The van der Waals surface area contributed by atoms with Gasteiger partial charge in [-0.2, -0.15) is 0 Å². The van der Waals surface area contributed by atoms with Crippen LogP contribution in [0.5, 0.6) is 0 Å². The molecule has 1 unspecified atom stereocenters. The van der Waals surface area contributed by atoms with Gasteiger partial charge in [0.1, 0.15) is 5.60 Å². The van der Waals surface area contributed by atoms with E-state index in [0.29, 0.717) is 19.8 Å². The van der Waals surface area contributed by atoms with E-state index in [1.54, 1.807) is 0 Å². The minimum absolute atomic E-state index is 0.305. The van der Waals surface area contributed by atoms with E-state index in [4.69, 9.17) is 15.2 Å². The molecule has 0 aromatic carbocycles. The Morgan fingerprint density at radius 2 is 2.27 bits per heavy atom. The Hall–Kier alpha value is -0.650. The monoisotopic (exact) mass is 216 g/mol. The Labute approximate surface area is 90.5 Å². The molecule has 0 radical (unpaired) electrons. The fourth-order valence-corrected chi connectivity index (χ4v) is 1.38. The lowest BCUT2D eigenvalue weighted by atomic mass is 10.2. The van der Waals surface area contributed by atoms with Crippen LogP contribution in [-0.2, 0) is 14.3 Å². The van der Waals surface area contributed by atoms with Gasteiger partial charge in [-0.05, 0) is 20.8 Å². The van der Waals surface area contributed by atoms with Crippen LogP contribution in [0.2, 0.25) is 0 Å². The van der Waals surface area contributed by atoms with Gasteiger partial charge in [0.15, 0.2) is 6.10 Å². The van der Waals surface area contributed by atoms with Gasteiger partial charge in [-0.25, -0.2) is 4.79 Å². The maximum atomic E-state index is 11.7. The molecule has 15 heavy (non-hydrogen) atoms. The molecule has 1 atom stereocenters. The number of carbonyl (C=O) groups excluding carboxylic acids is 1. The summed E-state index contributed by atoms with van der Waals surface area (Å²) < 4.78 is 10.6. The zero-order valence-corrected chi connectivity index (χ0v) is 9.66. The van der Waals surface area contributed by atoms with Gasteiger partial charge in [-0.1, -0.05) is 0 Å². The molecule has 1 fully saturated rings. The van der Waals surface area contributed by atoms with E-state index in [2.05, 4.69) is 0 Å². The van der Waals surface area contributed by atoms with Crippen molar-refractivity contribution in [2.75, 3.05) is 26.4 Å².